The van der Waals surface area contributed by atoms with E-state index in [0.717, 1.165) is 37.0 Å². The van der Waals surface area contributed by atoms with Crippen LogP contribution in [0.4, 0.5) is 5.13 Å². The highest BCUT2D eigenvalue weighted by Crippen LogP contribution is 2.19. The second-order valence-electron chi connectivity index (χ2n) is 4.38. The van der Waals surface area contributed by atoms with Crippen LogP contribution in [0.2, 0.25) is 0 Å². The third-order valence-electron chi connectivity index (χ3n) is 2.98. The number of likely N-dealkylation sites (N-methyl/N-ethyl adjacent to an activating group) is 1. The fourth-order valence-electron chi connectivity index (χ4n) is 1.91. The zero-order valence-electron chi connectivity index (χ0n) is 10.6. The summed E-state index contributed by atoms with van der Waals surface area (Å²) in [7, 11) is 3.88. The van der Waals surface area contributed by atoms with E-state index in [1.807, 2.05) is 0 Å². The lowest BCUT2D eigenvalue weighted by molar-refractivity contribution is 0.201. The summed E-state index contributed by atoms with van der Waals surface area (Å²) in [6.07, 6.45) is 2.00. The summed E-state index contributed by atoms with van der Waals surface area (Å²) in [5.41, 5.74) is 0. The number of hydrogen-bond acceptors (Lipinski definition) is 6. The van der Waals surface area contributed by atoms with E-state index >= 15 is 0 Å². The van der Waals surface area contributed by atoms with Gasteiger partial charge < -0.3 is 14.5 Å². The van der Waals surface area contributed by atoms with Gasteiger partial charge in [0.05, 0.1) is 6.61 Å². The minimum atomic E-state index is 0.693. The standard InChI is InChI=1S/C11H20N4OS/c1-14-5-3-6-15(8-7-14)11-12-10(13-17-11)4-9-16-2/h3-9H2,1-2H3. The quantitative estimate of drug-likeness (QED) is 0.799. The Hall–Kier alpha value is -0.720. The zero-order chi connectivity index (χ0) is 12.1. The molecule has 1 aromatic rings. The van der Waals surface area contributed by atoms with Crippen molar-refractivity contribution >= 4 is 16.7 Å². The predicted octanol–water partition coefficient (Wildman–Crippen LogP) is 0.869. The lowest BCUT2D eigenvalue weighted by Gasteiger charge is -2.18. The summed E-state index contributed by atoms with van der Waals surface area (Å²) in [5, 5.41) is 1.06. The zero-order valence-corrected chi connectivity index (χ0v) is 11.4. The Morgan fingerprint density at radius 3 is 3.00 bits per heavy atom. The molecule has 0 aromatic carbocycles. The number of ether oxygens (including phenoxy) is 1. The fourth-order valence-corrected chi connectivity index (χ4v) is 2.67. The van der Waals surface area contributed by atoms with Crippen LogP contribution >= 0.6 is 11.5 Å². The molecule has 0 bridgehead atoms. The average molecular weight is 256 g/mol. The molecule has 0 unspecified atom stereocenters. The van der Waals surface area contributed by atoms with Crippen LogP contribution in [0.5, 0.6) is 0 Å². The molecule has 6 heteroatoms. The summed E-state index contributed by atoms with van der Waals surface area (Å²) >= 11 is 1.51. The van der Waals surface area contributed by atoms with Gasteiger partial charge in [-0.25, -0.2) is 4.98 Å². The minimum absolute atomic E-state index is 0.693. The Labute approximate surface area is 107 Å². The molecule has 0 N–H and O–H groups in total. The van der Waals surface area contributed by atoms with Crippen LogP contribution in [-0.2, 0) is 11.2 Å². The molecule has 0 atom stereocenters. The molecule has 2 heterocycles. The second-order valence-corrected chi connectivity index (χ2v) is 5.11. The number of rotatable bonds is 4. The van der Waals surface area contributed by atoms with Crippen molar-refractivity contribution in [3.05, 3.63) is 5.82 Å². The van der Waals surface area contributed by atoms with E-state index in [1.54, 1.807) is 7.11 Å². The van der Waals surface area contributed by atoms with Crippen molar-refractivity contribution in [3.63, 3.8) is 0 Å². The molecular formula is C11H20N4OS. The van der Waals surface area contributed by atoms with Crippen LogP contribution in [0.1, 0.15) is 12.2 Å². The van der Waals surface area contributed by atoms with E-state index in [-0.39, 0.29) is 0 Å². The second kappa shape index (κ2) is 6.28. The van der Waals surface area contributed by atoms with E-state index in [9.17, 15) is 0 Å². The topological polar surface area (TPSA) is 41.5 Å². The van der Waals surface area contributed by atoms with E-state index in [2.05, 4.69) is 26.2 Å². The molecule has 96 valence electrons. The lowest BCUT2D eigenvalue weighted by Crippen LogP contribution is -2.28. The number of methoxy groups -OCH3 is 1. The Morgan fingerprint density at radius 1 is 1.29 bits per heavy atom. The Kier molecular flexibility index (Phi) is 4.70. The molecule has 1 aliphatic rings. The van der Waals surface area contributed by atoms with E-state index < -0.39 is 0 Å². The van der Waals surface area contributed by atoms with Crippen molar-refractivity contribution < 1.29 is 4.74 Å². The van der Waals surface area contributed by atoms with Crippen molar-refractivity contribution in [2.24, 2.45) is 0 Å². The number of aromatic nitrogens is 2. The molecule has 1 fully saturated rings. The fraction of sp³-hybridized carbons (Fsp3) is 0.818. The number of hydrogen-bond donors (Lipinski definition) is 0. The maximum atomic E-state index is 5.04. The van der Waals surface area contributed by atoms with Crippen LogP contribution in [0.15, 0.2) is 0 Å². The van der Waals surface area contributed by atoms with Crippen molar-refractivity contribution in [3.8, 4) is 0 Å². The largest absolute Gasteiger partial charge is 0.384 e. The van der Waals surface area contributed by atoms with Crippen LogP contribution in [0.3, 0.4) is 0 Å². The van der Waals surface area contributed by atoms with Gasteiger partial charge in [0.15, 0.2) is 0 Å². The van der Waals surface area contributed by atoms with Gasteiger partial charge in [-0.2, -0.15) is 4.37 Å². The number of anilines is 1. The van der Waals surface area contributed by atoms with Gasteiger partial charge in [0.2, 0.25) is 5.13 Å². The van der Waals surface area contributed by atoms with Gasteiger partial charge in [0, 0.05) is 44.7 Å². The molecular weight excluding hydrogens is 236 g/mol. The molecule has 1 aliphatic heterocycles. The highest BCUT2D eigenvalue weighted by molar-refractivity contribution is 7.09. The van der Waals surface area contributed by atoms with Gasteiger partial charge in [-0.3, -0.25) is 0 Å². The lowest BCUT2D eigenvalue weighted by atomic mass is 10.4. The first-order valence-corrected chi connectivity index (χ1v) is 6.82. The van der Waals surface area contributed by atoms with Crippen molar-refractivity contribution in [2.45, 2.75) is 12.8 Å². The van der Waals surface area contributed by atoms with Gasteiger partial charge in [-0.1, -0.05) is 0 Å². The molecule has 1 aromatic heterocycles. The highest BCUT2D eigenvalue weighted by atomic mass is 32.1. The van der Waals surface area contributed by atoms with E-state index in [0.29, 0.717) is 6.61 Å². The summed E-state index contributed by atoms with van der Waals surface area (Å²) in [6.45, 7) is 5.11. The summed E-state index contributed by atoms with van der Waals surface area (Å²) in [5.74, 6) is 0.907. The first-order valence-electron chi connectivity index (χ1n) is 6.04. The Balaban J connectivity index is 1.94. The normalized spacial score (nSPS) is 18.4. The predicted molar refractivity (Wildman–Crippen MR) is 69.8 cm³/mol. The first-order chi connectivity index (χ1) is 8.29. The van der Waals surface area contributed by atoms with Gasteiger partial charge in [0.1, 0.15) is 5.82 Å². The minimum Gasteiger partial charge on any atom is -0.384 e. The van der Waals surface area contributed by atoms with Crippen LogP contribution in [-0.4, -0.2) is 61.2 Å². The van der Waals surface area contributed by atoms with E-state index in [1.165, 1.54) is 24.5 Å². The summed E-state index contributed by atoms with van der Waals surface area (Å²) in [4.78, 5) is 9.29. The molecule has 5 nitrogen and oxygen atoms in total. The van der Waals surface area contributed by atoms with Crippen molar-refractivity contribution in [1.29, 1.82) is 0 Å². The monoisotopic (exact) mass is 256 g/mol. The van der Waals surface area contributed by atoms with Crippen LogP contribution < -0.4 is 4.90 Å². The van der Waals surface area contributed by atoms with Gasteiger partial charge in [-0.05, 0) is 20.0 Å². The molecule has 0 amide bonds. The molecule has 1 saturated heterocycles. The molecule has 0 spiro atoms. The molecule has 0 saturated carbocycles. The van der Waals surface area contributed by atoms with Gasteiger partial charge in [0.25, 0.3) is 0 Å². The Morgan fingerprint density at radius 2 is 2.18 bits per heavy atom. The van der Waals surface area contributed by atoms with Crippen LogP contribution in [0.25, 0.3) is 0 Å². The third-order valence-corrected chi connectivity index (χ3v) is 3.79. The number of nitrogens with zero attached hydrogens (tertiary/aromatic N) is 4. The summed E-state index contributed by atoms with van der Waals surface area (Å²) < 4.78 is 9.41. The Bertz CT molecular complexity index is 344. The van der Waals surface area contributed by atoms with Crippen LogP contribution in [0, 0.1) is 0 Å². The molecule has 17 heavy (non-hydrogen) atoms. The van der Waals surface area contributed by atoms with Crippen molar-refractivity contribution in [2.75, 3.05) is 51.8 Å². The molecule has 0 radical (unpaired) electrons. The maximum absolute atomic E-state index is 5.04. The maximum Gasteiger partial charge on any atom is 0.205 e. The molecule has 0 aliphatic carbocycles. The third kappa shape index (κ3) is 3.62. The van der Waals surface area contributed by atoms with Crippen molar-refractivity contribution in [1.82, 2.24) is 14.3 Å². The first kappa shape index (κ1) is 12.7. The molecule has 2 rings (SSSR count). The van der Waals surface area contributed by atoms with Gasteiger partial charge in [-0.15, -0.1) is 0 Å². The average Bonchev–Trinajstić information content (AvgIpc) is 2.69. The van der Waals surface area contributed by atoms with Gasteiger partial charge >= 0.3 is 0 Å². The highest BCUT2D eigenvalue weighted by Gasteiger charge is 2.16. The van der Waals surface area contributed by atoms with E-state index in [4.69, 9.17) is 4.74 Å². The summed E-state index contributed by atoms with van der Waals surface area (Å²) in [6, 6.07) is 0. The smallest absolute Gasteiger partial charge is 0.205 e. The SMILES string of the molecule is COCCc1nsc(N2CCCN(C)CC2)n1.